The first-order valence-electron chi connectivity index (χ1n) is 5.33. The first-order chi connectivity index (χ1) is 8.29. The SMILES string of the molecule is CN(Cc1ccccc1)[C@H](CC(F)(F)F)C(=O)O. The highest BCUT2D eigenvalue weighted by Gasteiger charge is 2.37. The number of aliphatic carboxylic acids is 1. The van der Waals surface area contributed by atoms with E-state index >= 15 is 0 Å². The summed E-state index contributed by atoms with van der Waals surface area (Å²) in [5.74, 6) is -1.47. The Balaban J connectivity index is 2.72. The molecule has 18 heavy (non-hydrogen) atoms. The zero-order valence-corrected chi connectivity index (χ0v) is 9.81. The van der Waals surface area contributed by atoms with Gasteiger partial charge in [-0.25, -0.2) is 0 Å². The Hall–Kier alpha value is -1.56. The van der Waals surface area contributed by atoms with E-state index in [1.54, 1.807) is 30.3 Å². The molecule has 3 nitrogen and oxygen atoms in total. The van der Waals surface area contributed by atoms with Crippen molar-refractivity contribution in [2.24, 2.45) is 0 Å². The predicted molar refractivity (Wildman–Crippen MR) is 60.0 cm³/mol. The van der Waals surface area contributed by atoms with Crippen molar-refractivity contribution in [1.29, 1.82) is 0 Å². The van der Waals surface area contributed by atoms with Crippen LogP contribution in [0.4, 0.5) is 13.2 Å². The van der Waals surface area contributed by atoms with Gasteiger partial charge in [-0.2, -0.15) is 13.2 Å². The van der Waals surface area contributed by atoms with Gasteiger partial charge in [0.1, 0.15) is 6.04 Å². The molecule has 0 aliphatic rings. The standard InChI is InChI=1S/C12H14F3NO2/c1-16(8-9-5-3-2-4-6-9)10(11(17)18)7-12(13,14)15/h2-6,10H,7-8H2,1H3,(H,17,18)/t10-/m1/s1. The molecule has 0 aromatic heterocycles. The number of rotatable bonds is 5. The van der Waals surface area contributed by atoms with E-state index in [4.69, 9.17) is 5.11 Å². The molecule has 1 N–H and O–H groups in total. The molecule has 0 radical (unpaired) electrons. The van der Waals surface area contributed by atoms with E-state index < -0.39 is 24.6 Å². The van der Waals surface area contributed by atoms with Crippen LogP contribution < -0.4 is 0 Å². The lowest BCUT2D eigenvalue weighted by atomic mass is 10.1. The highest BCUT2D eigenvalue weighted by atomic mass is 19.4. The van der Waals surface area contributed by atoms with E-state index in [9.17, 15) is 18.0 Å². The van der Waals surface area contributed by atoms with Gasteiger partial charge in [0.25, 0.3) is 0 Å². The third kappa shape index (κ3) is 4.75. The van der Waals surface area contributed by atoms with Crippen molar-refractivity contribution in [1.82, 2.24) is 4.90 Å². The normalized spacial score (nSPS) is 13.6. The number of hydrogen-bond donors (Lipinski definition) is 1. The van der Waals surface area contributed by atoms with Crippen molar-refractivity contribution < 1.29 is 23.1 Å². The Morgan fingerprint density at radius 1 is 1.33 bits per heavy atom. The molecule has 0 heterocycles. The number of nitrogens with zero attached hydrogens (tertiary/aromatic N) is 1. The lowest BCUT2D eigenvalue weighted by molar-refractivity contribution is -0.165. The second-order valence-electron chi connectivity index (χ2n) is 4.07. The maximum atomic E-state index is 12.3. The third-order valence-electron chi connectivity index (χ3n) is 2.52. The number of halogens is 3. The Morgan fingerprint density at radius 2 is 1.89 bits per heavy atom. The summed E-state index contributed by atoms with van der Waals surface area (Å²) in [6, 6.07) is 7.20. The van der Waals surface area contributed by atoms with Crippen LogP contribution in [0.5, 0.6) is 0 Å². The summed E-state index contributed by atoms with van der Waals surface area (Å²) >= 11 is 0. The summed E-state index contributed by atoms with van der Waals surface area (Å²) < 4.78 is 36.8. The average Bonchev–Trinajstić information content (AvgIpc) is 2.25. The lowest BCUT2D eigenvalue weighted by Gasteiger charge is -2.25. The summed E-state index contributed by atoms with van der Waals surface area (Å²) in [4.78, 5) is 12.1. The molecule has 0 bridgehead atoms. The molecule has 0 amide bonds. The van der Waals surface area contributed by atoms with Gasteiger partial charge in [-0.3, -0.25) is 9.69 Å². The molecule has 0 aliphatic heterocycles. The first-order valence-corrected chi connectivity index (χ1v) is 5.33. The largest absolute Gasteiger partial charge is 0.480 e. The van der Waals surface area contributed by atoms with Gasteiger partial charge in [0, 0.05) is 6.54 Å². The van der Waals surface area contributed by atoms with Crippen LogP contribution in [-0.4, -0.2) is 35.2 Å². The monoisotopic (exact) mass is 261 g/mol. The predicted octanol–water partition coefficient (Wildman–Crippen LogP) is 2.52. The van der Waals surface area contributed by atoms with E-state index in [2.05, 4.69) is 0 Å². The number of likely N-dealkylation sites (N-methyl/N-ethyl adjacent to an activating group) is 1. The fourth-order valence-electron chi connectivity index (χ4n) is 1.63. The van der Waals surface area contributed by atoms with E-state index in [0.717, 1.165) is 5.56 Å². The first kappa shape index (κ1) is 14.5. The van der Waals surface area contributed by atoms with Crippen molar-refractivity contribution >= 4 is 5.97 Å². The minimum Gasteiger partial charge on any atom is -0.480 e. The molecule has 0 saturated heterocycles. The average molecular weight is 261 g/mol. The van der Waals surface area contributed by atoms with E-state index in [1.807, 2.05) is 0 Å². The second kappa shape index (κ2) is 5.86. The van der Waals surface area contributed by atoms with Gasteiger partial charge in [0.15, 0.2) is 0 Å². The van der Waals surface area contributed by atoms with Crippen LogP contribution in [0.15, 0.2) is 30.3 Å². The zero-order chi connectivity index (χ0) is 13.8. The van der Waals surface area contributed by atoms with Crippen LogP contribution in [0.1, 0.15) is 12.0 Å². The lowest BCUT2D eigenvalue weighted by Crippen LogP contribution is -2.41. The molecule has 0 aliphatic carbocycles. The minimum atomic E-state index is -4.49. The van der Waals surface area contributed by atoms with Crippen molar-refractivity contribution in [3.05, 3.63) is 35.9 Å². The molecule has 0 spiro atoms. The van der Waals surface area contributed by atoms with Crippen molar-refractivity contribution in [3.63, 3.8) is 0 Å². The topological polar surface area (TPSA) is 40.5 Å². The maximum Gasteiger partial charge on any atom is 0.391 e. The Labute approximate surface area is 103 Å². The highest BCUT2D eigenvalue weighted by Crippen LogP contribution is 2.24. The molecule has 0 saturated carbocycles. The van der Waals surface area contributed by atoms with Crippen LogP contribution in [0.2, 0.25) is 0 Å². The number of alkyl halides is 3. The molecule has 1 atom stereocenters. The minimum absolute atomic E-state index is 0.161. The van der Waals surface area contributed by atoms with E-state index in [1.165, 1.54) is 11.9 Å². The smallest absolute Gasteiger partial charge is 0.391 e. The molecule has 100 valence electrons. The number of benzene rings is 1. The highest BCUT2D eigenvalue weighted by molar-refractivity contribution is 5.73. The van der Waals surface area contributed by atoms with Gasteiger partial charge in [-0.1, -0.05) is 30.3 Å². The van der Waals surface area contributed by atoms with Crippen LogP contribution in [0.25, 0.3) is 0 Å². The van der Waals surface area contributed by atoms with Gasteiger partial charge in [0.2, 0.25) is 0 Å². The van der Waals surface area contributed by atoms with Gasteiger partial charge < -0.3 is 5.11 Å². The fourth-order valence-corrected chi connectivity index (χ4v) is 1.63. The van der Waals surface area contributed by atoms with Gasteiger partial charge in [-0.05, 0) is 12.6 Å². The zero-order valence-electron chi connectivity index (χ0n) is 9.81. The number of hydrogen-bond acceptors (Lipinski definition) is 2. The summed E-state index contributed by atoms with van der Waals surface area (Å²) in [5.41, 5.74) is 0.772. The Morgan fingerprint density at radius 3 is 2.33 bits per heavy atom. The summed E-state index contributed by atoms with van der Waals surface area (Å²) in [6.45, 7) is 0.161. The van der Waals surface area contributed by atoms with Crippen molar-refractivity contribution in [2.75, 3.05) is 7.05 Å². The van der Waals surface area contributed by atoms with Crippen LogP contribution in [0.3, 0.4) is 0 Å². The molecule has 1 aromatic rings. The fraction of sp³-hybridized carbons (Fsp3) is 0.417. The maximum absolute atomic E-state index is 12.3. The van der Waals surface area contributed by atoms with E-state index in [-0.39, 0.29) is 6.54 Å². The molecule has 0 fully saturated rings. The third-order valence-corrected chi connectivity index (χ3v) is 2.52. The summed E-state index contributed by atoms with van der Waals surface area (Å²) in [7, 11) is 1.37. The van der Waals surface area contributed by atoms with Gasteiger partial charge >= 0.3 is 12.1 Å². The molecule has 0 unspecified atom stereocenters. The molecule has 1 rings (SSSR count). The van der Waals surface area contributed by atoms with Crippen LogP contribution in [0, 0.1) is 0 Å². The number of carboxylic acids is 1. The molecule has 6 heteroatoms. The quantitative estimate of drug-likeness (QED) is 0.885. The van der Waals surface area contributed by atoms with Crippen molar-refractivity contribution in [2.45, 2.75) is 25.2 Å². The summed E-state index contributed by atoms with van der Waals surface area (Å²) in [5, 5.41) is 8.84. The molecular formula is C12H14F3NO2. The molecule has 1 aromatic carbocycles. The van der Waals surface area contributed by atoms with Crippen LogP contribution >= 0.6 is 0 Å². The van der Waals surface area contributed by atoms with Gasteiger partial charge in [0.05, 0.1) is 6.42 Å². The Kier molecular flexibility index (Phi) is 4.72. The van der Waals surface area contributed by atoms with E-state index in [0.29, 0.717) is 0 Å². The number of carbonyl (C=O) groups is 1. The summed E-state index contributed by atoms with van der Waals surface area (Å²) in [6.07, 6.45) is -5.85. The van der Waals surface area contributed by atoms with Gasteiger partial charge in [-0.15, -0.1) is 0 Å². The Bertz CT molecular complexity index is 392. The molecular weight excluding hydrogens is 247 g/mol. The van der Waals surface area contributed by atoms with Crippen LogP contribution in [-0.2, 0) is 11.3 Å². The van der Waals surface area contributed by atoms with Crippen molar-refractivity contribution in [3.8, 4) is 0 Å². The number of carboxylic acid groups (broad SMARTS) is 1. The second-order valence-corrected chi connectivity index (χ2v) is 4.07.